The van der Waals surface area contributed by atoms with Crippen molar-refractivity contribution >= 4 is 5.69 Å². The second kappa shape index (κ2) is 9.94. The van der Waals surface area contributed by atoms with Crippen molar-refractivity contribution < 1.29 is 4.92 Å². The molecule has 1 aromatic rings. The summed E-state index contributed by atoms with van der Waals surface area (Å²) in [4.78, 5) is 13.1. The summed E-state index contributed by atoms with van der Waals surface area (Å²) in [6, 6.07) is 6.98. The molecule has 1 aliphatic rings. The predicted molar refractivity (Wildman–Crippen MR) is 104 cm³/mol. The van der Waals surface area contributed by atoms with Gasteiger partial charge in [-0.1, -0.05) is 49.9 Å². The maximum absolute atomic E-state index is 10.9. The Morgan fingerprint density at radius 1 is 1.32 bits per heavy atom. The smallest absolute Gasteiger partial charge is 0.269 e. The highest BCUT2D eigenvalue weighted by Gasteiger charge is 2.20. The molecular weight excluding hydrogens is 312 g/mol. The van der Waals surface area contributed by atoms with Crippen molar-refractivity contribution in [3.8, 4) is 0 Å². The zero-order chi connectivity index (χ0) is 18.1. The van der Waals surface area contributed by atoms with Gasteiger partial charge >= 0.3 is 0 Å². The van der Waals surface area contributed by atoms with E-state index < -0.39 is 0 Å². The van der Waals surface area contributed by atoms with Crippen molar-refractivity contribution in [3.63, 3.8) is 0 Å². The molecule has 4 nitrogen and oxygen atoms in total. The summed E-state index contributed by atoms with van der Waals surface area (Å²) in [5.41, 5.74) is 2.40. The highest BCUT2D eigenvalue weighted by Crippen LogP contribution is 2.27. The standard InChI is InChI=1S/C21H28N2O2/c1-3-7-18(4-2)12-14-22(17-20-9-5-10-20)15-13-19-8-6-11-21(16-19)23(24)25/h3-4,6-8,11,16,20H,1-2,5,9-10,12-15,17H2/b18-7+. The average molecular weight is 340 g/mol. The first kappa shape index (κ1) is 19.1. The molecule has 0 bridgehead atoms. The number of nitro benzene ring substituents is 1. The summed E-state index contributed by atoms with van der Waals surface area (Å²) in [5.74, 6) is 0.806. The Labute approximate surface area is 150 Å². The molecule has 0 aromatic heterocycles. The fourth-order valence-corrected chi connectivity index (χ4v) is 3.14. The van der Waals surface area contributed by atoms with E-state index in [0.29, 0.717) is 0 Å². The Morgan fingerprint density at radius 3 is 2.72 bits per heavy atom. The number of non-ortho nitro benzene ring substituents is 1. The molecule has 0 amide bonds. The summed E-state index contributed by atoms with van der Waals surface area (Å²) in [6.45, 7) is 10.6. The SMILES string of the molecule is C=C/C=C(\C=C)CCN(CCc1cccc([N+](=O)[O-])c1)CC1CCC1. The lowest BCUT2D eigenvalue weighted by Crippen LogP contribution is -2.35. The first-order valence-electron chi connectivity index (χ1n) is 9.02. The first-order chi connectivity index (χ1) is 12.1. The normalized spacial score (nSPS) is 15.0. The number of benzene rings is 1. The lowest BCUT2D eigenvalue weighted by atomic mass is 9.85. The van der Waals surface area contributed by atoms with Gasteiger partial charge < -0.3 is 4.90 Å². The Balaban J connectivity index is 1.94. The third-order valence-electron chi connectivity index (χ3n) is 4.89. The topological polar surface area (TPSA) is 46.4 Å². The van der Waals surface area contributed by atoms with Crippen molar-refractivity contribution in [1.29, 1.82) is 0 Å². The van der Waals surface area contributed by atoms with Crippen molar-refractivity contribution in [1.82, 2.24) is 4.90 Å². The van der Waals surface area contributed by atoms with Crippen LogP contribution < -0.4 is 0 Å². The molecule has 0 saturated heterocycles. The molecule has 1 aliphatic carbocycles. The van der Waals surface area contributed by atoms with Crippen LogP contribution in [-0.2, 0) is 6.42 Å². The third-order valence-corrected chi connectivity index (χ3v) is 4.89. The molecule has 25 heavy (non-hydrogen) atoms. The Bertz CT molecular complexity index is 633. The fraction of sp³-hybridized carbons (Fsp3) is 0.429. The number of nitro groups is 1. The van der Waals surface area contributed by atoms with Gasteiger partial charge in [-0.3, -0.25) is 10.1 Å². The minimum Gasteiger partial charge on any atom is -0.302 e. The van der Waals surface area contributed by atoms with Crippen LogP contribution in [0.25, 0.3) is 0 Å². The van der Waals surface area contributed by atoms with E-state index in [4.69, 9.17) is 0 Å². The molecule has 1 saturated carbocycles. The van der Waals surface area contributed by atoms with Gasteiger partial charge in [0.25, 0.3) is 5.69 Å². The van der Waals surface area contributed by atoms with Crippen LogP contribution in [0.1, 0.15) is 31.2 Å². The van der Waals surface area contributed by atoms with Gasteiger partial charge in [-0.2, -0.15) is 0 Å². The van der Waals surface area contributed by atoms with Crippen LogP contribution in [0.5, 0.6) is 0 Å². The Kier molecular flexibility index (Phi) is 7.61. The molecule has 0 atom stereocenters. The molecule has 4 heteroatoms. The molecule has 0 N–H and O–H groups in total. The number of rotatable bonds is 11. The van der Waals surface area contributed by atoms with Crippen molar-refractivity contribution in [2.75, 3.05) is 19.6 Å². The van der Waals surface area contributed by atoms with E-state index in [2.05, 4.69) is 18.1 Å². The molecular formula is C21H28N2O2. The second-order valence-electron chi connectivity index (χ2n) is 6.71. The largest absolute Gasteiger partial charge is 0.302 e. The molecule has 0 aliphatic heterocycles. The quantitative estimate of drug-likeness (QED) is 0.326. The van der Waals surface area contributed by atoms with Gasteiger partial charge in [-0.15, -0.1) is 0 Å². The fourth-order valence-electron chi connectivity index (χ4n) is 3.14. The molecule has 1 aromatic carbocycles. The minimum atomic E-state index is -0.327. The minimum absolute atomic E-state index is 0.172. The van der Waals surface area contributed by atoms with Gasteiger partial charge in [0.15, 0.2) is 0 Å². The van der Waals surface area contributed by atoms with E-state index in [9.17, 15) is 10.1 Å². The van der Waals surface area contributed by atoms with E-state index in [1.807, 2.05) is 18.2 Å². The Morgan fingerprint density at radius 2 is 2.12 bits per heavy atom. The van der Waals surface area contributed by atoms with E-state index in [1.165, 1.54) is 24.8 Å². The van der Waals surface area contributed by atoms with Crippen LogP contribution in [-0.4, -0.2) is 29.5 Å². The van der Waals surface area contributed by atoms with Gasteiger partial charge in [-0.05, 0) is 42.7 Å². The molecule has 0 heterocycles. The summed E-state index contributed by atoms with van der Waals surface area (Å²) < 4.78 is 0. The van der Waals surface area contributed by atoms with Crippen LogP contribution in [0.15, 0.2) is 61.2 Å². The van der Waals surface area contributed by atoms with Gasteiger partial charge in [-0.25, -0.2) is 0 Å². The zero-order valence-electron chi connectivity index (χ0n) is 14.9. The first-order valence-corrected chi connectivity index (χ1v) is 9.02. The highest BCUT2D eigenvalue weighted by atomic mass is 16.6. The van der Waals surface area contributed by atoms with Crippen LogP contribution in [0.3, 0.4) is 0 Å². The molecule has 0 unspecified atom stereocenters. The van der Waals surface area contributed by atoms with Crippen LogP contribution in [0.4, 0.5) is 5.69 Å². The zero-order valence-corrected chi connectivity index (χ0v) is 14.9. The highest BCUT2D eigenvalue weighted by molar-refractivity contribution is 5.34. The van der Waals surface area contributed by atoms with Crippen LogP contribution in [0.2, 0.25) is 0 Å². The Hall–Kier alpha value is -2.20. The number of hydrogen-bond acceptors (Lipinski definition) is 3. The summed E-state index contributed by atoms with van der Waals surface area (Å²) in [6.07, 6.45) is 11.5. The van der Waals surface area contributed by atoms with Gasteiger partial charge in [0.1, 0.15) is 0 Å². The number of nitrogens with zero attached hydrogens (tertiary/aromatic N) is 2. The number of hydrogen-bond donors (Lipinski definition) is 0. The van der Waals surface area contributed by atoms with E-state index in [0.717, 1.165) is 44.0 Å². The van der Waals surface area contributed by atoms with Crippen LogP contribution in [0, 0.1) is 16.0 Å². The van der Waals surface area contributed by atoms with Crippen molar-refractivity contribution in [2.24, 2.45) is 5.92 Å². The average Bonchev–Trinajstić information content (AvgIpc) is 2.58. The second-order valence-corrected chi connectivity index (χ2v) is 6.71. The summed E-state index contributed by atoms with van der Waals surface area (Å²) in [7, 11) is 0. The lowest BCUT2D eigenvalue weighted by Gasteiger charge is -2.32. The van der Waals surface area contributed by atoms with Gasteiger partial charge in [0, 0.05) is 31.8 Å². The van der Waals surface area contributed by atoms with Gasteiger partial charge in [0.2, 0.25) is 0 Å². The van der Waals surface area contributed by atoms with Crippen LogP contribution >= 0.6 is 0 Å². The molecule has 0 spiro atoms. The molecule has 134 valence electrons. The van der Waals surface area contributed by atoms with Gasteiger partial charge in [0.05, 0.1) is 4.92 Å². The lowest BCUT2D eigenvalue weighted by molar-refractivity contribution is -0.384. The maximum Gasteiger partial charge on any atom is 0.269 e. The van der Waals surface area contributed by atoms with E-state index >= 15 is 0 Å². The summed E-state index contributed by atoms with van der Waals surface area (Å²) >= 11 is 0. The molecule has 0 radical (unpaired) electrons. The predicted octanol–water partition coefficient (Wildman–Crippen LogP) is 4.93. The number of allylic oxidation sites excluding steroid dienone is 3. The molecule has 1 fully saturated rings. The van der Waals surface area contributed by atoms with E-state index in [1.54, 1.807) is 24.3 Å². The van der Waals surface area contributed by atoms with E-state index in [-0.39, 0.29) is 10.6 Å². The monoisotopic (exact) mass is 340 g/mol. The maximum atomic E-state index is 10.9. The van der Waals surface area contributed by atoms with Crippen molar-refractivity contribution in [2.45, 2.75) is 32.1 Å². The summed E-state index contributed by atoms with van der Waals surface area (Å²) in [5, 5.41) is 10.9. The molecule has 2 rings (SSSR count). The van der Waals surface area contributed by atoms with Crippen molar-refractivity contribution in [3.05, 3.63) is 76.9 Å². The third kappa shape index (κ3) is 6.31.